The zero-order valence-corrected chi connectivity index (χ0v) is 31.4. The van der Waals surface area contributed by atoms with Crippen molar-refractivity contribution in [3.63, 3.8) is 0 Å². The second-order valence-electron chi connectivity index (χ2n) is 14.5. The van der Waals surface area contributed by atoms with Gasteiger partial charge < -0.3 is 4.57 Å². The van der Waals surface area contributed by atoms with Gasteiger partial charge in [0.2, 0.25) is 0 Å². The molecule has 11 rings (SSSR count). The van der Waals surface area contributed by atoms with E-state index in [2.05, 4.69) is 217 Å². The van der Waals surface area contributed by atoms with Crippen molar-refractivity contribution in [1.82, 2.24) is 4.57 Å². The van der Waals surface area contributed by atoms with Crippen molar-refractivity contribution in [3.8, 4) is 61.3 Å². The first-order chi connectivity index (χ1) is 27.7. The van der Waals surface area contributed by atoms with Gasteiger partial charge in [-0.15, -0.1) is 11.3 Å². The van der Waals surface area contributed by atoms with E-state index in [4.69, 9.17) is 0 Å². The molecule has 0 fully saturated rings. The van der Waals surface area contributed by atoms with Crippen molar-refractivity contribution in [1.29, 1.82) is 0 Å². The van der Waals surface area contributed by atoms with E-state index in [-0.39, 0.29) is 0 Å². The van der Waals surface area contributed by atoms with Gasteiger partial charge in [-0.25, -0.2) is 0 Å². The van der Waals surface area contributed by atoms with E-state index in [1.54, 1.807) is 0 Å². The number of hydrogen-bond acceptors (Lipinski definition) is 1. The molecule has 11 aromatic rings. The van der Waals surface area contributed by atoms with Crippen LogP contribution in [0, 0.1) is 0 Å². The third kappa shape index (κ3) is 5.54. The van der Waals surface area contributed by atoms with Crippen molar-refractivity contribution >= 4 is 53.3 Å². The van der Waals surface area contributed by atoms with Crippen LogP contribution in [-0.2, 0) is 0 Å². The Morgan fingerprint density at radius 1 is 0.286 bits per heavy atom. The predicted octanol–water partition coefficient (Wildman–Crippen LogP) is 15.5. The van der Waals surface area contributed by atoms with Crippen LogP contribution in [0.1, 0.15) is 0 Å². The lowest BCUT2D eigenvalue weighted by atomic mass is 9.93. The Balaban J connectivity index is 0.958. The van der Waals surface area contributed by atoms with Crippen molar-refractivity contribution < 1.29 is 0 Å². The number of fused-ring (bicyclic) bond motifs is 6. The molecule has 1 nitrogen and oxygen atoms in total. The van der Waals surface area contributed by atoms with E-state index in [9.17, 15) is 0 Å². The lowest BCUT2D eigenvalue weighted by Crippen LogP contribution is -1.94. The molecule has 0 saturated carbocycles. The first kappa shape index (κ1) is 32.4. The molecule has 262 valence electrons. The summed E-state index contributed by atoms with van der Waals surface area (Å²) < 4.78 is 5.09. The molecule has 0 bridgehead atoms. The van der Waals surface area contributed by atoms with Crippen molar-refractivity contribution in [2.24, 2.45) is 0 Å². The summed E-state index contributed by atoms with van der Waals surface area (Å²) in [5.41, 5.74) is 15.8. The molecule has 9 aromatic carbocycles. The van der Waals surface area contributed by atoms with Gasteiger partial charge in [0.25, 0.3) is 0 Å². The summed E-state index contributed by atoms with van der Waals surface area (Å²) in [5.74, 6) is 0. The average molecular weight is 730 g/mol. The average Bonchev–Trinajstić information content (AvgIpc) is 3.83. The maximum atomic E-state index is 2.41. The molecule has 0 spiro atoms. The van der Waals surface area contributed by atoms with Gasteiger partial charge in [0.1, 0.15) is 0 Å². The monoisotopic (exact) mass is 729 g/mol. The predicted molar refractivity (Wildman–Crippen MR) is 241 cm³/mol. The highest BCUT2D eigenvalue weighted by Crippen LogP contribution is 2.41. The molecular formula is C54H35NS. The van der Waals surface area contributed by atoms with Crippen LogP contribution in [0.25, 0.3) is 103 Å². The maximum absolute atomic E-state index is 2.41. The van der Waals surface area contributed by atoms with Gasteiger partial charge in [-0.05, 0) is 110 Å². The van der Waals surface area contributed by atoms with Crippen molar-refractivity contribution in [3.05, 3.63) is 212 Å². The molecule has 0 amide bonds. The van der Waals surface area contributed by atoms with E-state index in [1.165, 1.54) is 97.6 Å². The Morgan fingerprint density at radius 2 is 0.786 bits per heavy atom. The zero-order valence-electron chi connectivity index (χ0n) is 30.6. The van der Waals surface area contributed by atoms with Gasteiger partial charge >= 0.3 is 0 Å². The van der Waals surface area contributed by atoms with E-state index >= 15 is 0 Å². The van der Waals surface area contributed by atoms with Gasteiger partial charge in [-0.2, -0.15) is 0 Å². The lowest BCUT2D eigenvalue weighted by molar-refractivity contribution is 1.18. The highest BCUT2D eigenvalue weighted by molar-refractivity contribution is 7.26. The molecular weight excluding hydrogens is 695 g/mol. The number of benzene rings is 9. The molecule has 2 heteroatoms. The van der Waals surface area contributed by atoms with Crippen molar-refractivity contribution in [2.45, 2.75) is 0 Å². The normalized spacial score (nSPS) is 11.6. The highest BCUT2D eigenvalue weighted by Gasteiger charge is 2.15. The fourth-order valence-corrected chi connectivity index (χ4v) is 9.68. The molecule has 0 unspecified atom stereocenters. The third-order valence-corrected chi connectivity index (χ3v) is 12.4. The summed E-state index contributed by atoms with van der Waals surface area (Å²) in [7, 11) is 0. The van der Waals surface area contributed by atoms with Crippen LogP contribution < -0.4 is 0 Å². The first-order valence-corrected chi connectivity index (χ1v) is 20.0. The second kappa shape index (κ2) is 13.4. The topological polar surface area (TPSA) is 4.93 Å². The van der Waals surface area contributed by atoms with Crippen LogP contribution in [0.3, 0.4) is 0 Å². The van der Waals surface area contributed by atoms with E-state index < -0.39 is 0 Å². The molecule has 0 N–H and O–H groups in total. The van der Waals surface area contributed by atoms with Gasteiger partial charge in [-0.1, -0.05) is 158 Å². The molecule has 0 saturated heterocycles. The highest BCUT2D eigenvalue weighted by atomic mass is 32.1. The Hall–Kier alpha value is -7.00. The number of rotatable bonds is 6. The number of hydrogen-bond donors (Lipinski definition) is 0. The van der Waals surface area contributed by atoms with Gasteiger partial charge in [0, 0.05) is 36.6 Å². The number of para-hydroxylation sites is 1. The summed E-state index contributed by atoms with van der Waals surface area (Å²) in [5, 5.41) is 5.16. The number of aromatic nitrogens is 1. The Bertz CT molecular complexity index is 3150. The minimum atomic E-state index is 1.15. The summed E-state index contributed by atoms with van der Waals surface area (Å²) in [6.45, 7) is 0. The van der Waals surface area contributed by atoms with Gasteiger partial charge in [-0.3, -0.25) is 0 Å². The smallest absolute Gasteiger partial charge is 0.0541 e. The summed E-state index contributed by atoms with van der Waals surface area (Å²) in [6.07, 6.45) is 0. The molecule has 0 aliphatic carbocycles. The largest absolute Gasteiger partial charge is 0.309 e. The molecule has 2 aromatic heterocycles. The van der Waals surface area contributed by atoms with E-state index in [0.29, 0.717) is 0 Å². The standard InChI is InChI=1S/C54H35NS/c1-3-12-36(13-4-1)42-32-43(37-14-5-2-6-15-37)34-44(33-42)41-28-31-52-50(35-41)47-16-7-9-20-51(47)55(52)45-29-26-39(27-30-45)38-22-24-40(25-23-38)46-18-11-19-49-48-17-8-10-21-53(48)56-54(46)49/h1-35H. The number of thiophene rings is 1. The summed E-state index contributed by atoms with van der Waals surface area (Å²) in [4.78, 5) is 0. The molecule has 0 aliphatic rings. The molecule has 2 heterocycles. The van der Waals surface area contributed by atoms with Crippen LogP contribution >= 0.6 is 11.3 Å². The third-order valence-electron chi connectivity index (χ3n) is 11.2. The Morgan fingerprint density at radius 3 is 1.48 bits per heavy atom. The van der Waals surface area contributed by atoms with Crippen LogP contribution in [0.4, 0.5) is 0 Å². The second-order valence-corrected chi connectivity index (χ2v) is 15.6. The Labute approximate surface area is 330 Å². The fourth-order valence-electron chi connectivity index (χ4n) is 8.44. The fraction of sp³-hybridized carbons (Fsp3) is 0. The molecule has 0 atom stereocenters. The minimum Gasteiger partial charge on any atom is -0.309 e. The molecule has 0 aliphatic heterocycles. The maximum Gasteiger partial charge on any atom is 0.0541 e. The van der Waals surface area contributed by atoms with E-state index in [0.717, 1.165) is 5.69 Å². The lowest BCUT2D eigenvalue weighted by Gasteiger charge is -2.12. The van der Waals surface area contributed by atoms with E-state index in [1.807, 2.05) is 11.3 Å². The van der Waals surface area contributed by atoms with Crippen LogP contribution in [0.15, 0.2) is 212 Å². The number of nitrogens with zero attached hydrogens (tertiary/aromatic N) is 1. The van der Waals surface area contributed by atoms with Crippen LogP contribution in [-0.4, -0.2) is 4.57 Å². The quantitative estimate of drug-likeness (QED) is 0.161. The van der Waals surface area contributed by atoms with Gasteiger partial charge in [0.15, 0.2) is 0 Å². The van der Waals surface area contributed by atoms with Crippen LogP contribution in [0.2, 0.25) is 0 Å². The SMILES string of the molecule is c1ccc(-c2cc(-c3ccccc3)cc(-c3ccc4c(c3)c3ccccc3n4-c3ccc(-c4ccc(-c5cccc6c5sc5ccccc56)cc4)cc3)c2)cc1. The Kier molecular flexibility index (Phi) is 7.75. The van der Waals surface area contributed by atoms with Gasteiger partial charge in [0.05, 0.1) is 11.0 Å². The van der Waals surface area contributed by atoms with Crippen molar-refractivity contribution in [2.75, 3.05) is 0 Å². The van der Waals surface area contributed by atoms with Crippen LogP contribution in [0.5, 0.6) is 0 Å². The zero-order chi connectivity index (χ0) is 37.0. The first-order valence-electron chi connectivity index (χ1n) is 19.2. The summed E-state index contributed by atoms with van der Waals surface area (Å²) >= 11 is 1.88. The minimum absolute atomic E-state index is 1.15. The molecule has 0 radical (unpaired) electrons. The molecule has 56 heavy (non-hydrogen) atoms. The summed E-state index contributed by atoms with van der Waals surface area (Å²) in [6, 6.07) is 77.6.